The summed E-state index contributed by atoms with van der Waals surface area (Å²) in [6.45, 7) is 8.20. The van der Waals surface area contributed by atoms with Crippen molar-refractivity contribution >= 4 is 0 Å². The van der Waals surface area contributed by atoms with Crippen LogP contribution in [0, 0.1) is 11.8 Å². The zero-order valence-electron chi connectivity index (χ0n) is 11.3. The first kappa shape index (κ1) is 13.3. The van der Waals surface area contributed by atoms with Crippen molar-refractivity contribution in [2.75, 3.05) is 32.7 Å². The third kappa shape index (κ3) is 3.94. The van der Waals surface area contributed by atoms with Gasteiger partial charge in [0.15, 0.2) is 0 Å². The highest BCUT2D eigenvalue weighted by Gasteiger charge is 2.25. The molecule has 17 heavy (non-hydrogen) atoms. The van der Waals surface area contributed by atoms with E-state index in [1.807, 2.05) is 0 Å². The second kappa shape index (κ2) is 6.72. The molecule has 0 spiro atoms. The molecular formula is C14H29N3. The molecule has 0 aromatic heterocycles. The van der Waals surface area contributed by atoms with Crippen LogP contribution in [-0.4, -0.2) is 43.7 Å². The molecule has 0 aromatic carbocycles. The Hall–Kier alpha value is -0.120. The van der Waals surface area contributed by atoms with E-state index in [1.54, 1.807) is 0 Å². The van der Waals surface area contributed by atoms with Gasteiger partial charge in [0.25, 0.3) is 0 Å². The summed E-state index contributed by atoms with van der Waals surface area (Å²) in [7, 11) is 0. The van der Waals surface area contributed by atoms with Gasteiger partial charge >= 0.3 is 0 Å². The Morgan fingerprint density at radius 1 is 1.18 bits per heavy atom. The van der Waals surface area contributed by atoms with E-state index in [-0.39, 0.29) is 0 Å². The van der Waals surface area contributed by atoms with Crippen LogP contribution in [0.1, 0.15) is 39.0 Å². The number of likely N-dealkylation sites (tertiary alicyclic amines) is 1. The molecule has 0 aromatic rings. The van der Waals surface area contributed by atoms with Crippen LogP contribution >= 0.6 is 0 Å². The fraction of sp³-hybridized carbons (Fsp3) is 1.00. The lowest BCUT2D eigenvalue weighted by Gasteiger charge is -2.31. The summed E-state index contributed by atoms with van der Waals surface area (Å²) < 4.78 is 0. The van der Waals surface area contributed by atoms with Gasteiger partial charge in [-0.3, -0.25) is 0 Å². The normalized spacial score (nSPS) is 32.1. The van der Waals surface area contributed by atoms with E-state index >= 15 is 0 Å². The van der Waals surface area contributed by atoms with E-state index in [0.717, 1.165) is 24.9 Å². The van der Waals surface area contributed by atoms with Crippen LogP contribution in [0.2, 0.25) is 0 Å². The Kier molecular flexibility index (Phi) is 5.26. The van der Waals surface area contributed by atoms with Gasteiger partial charge in [0.2, 0.25) is 0 Å². The number of rotatable bonds is 5. The van der Waals surface area contributed by atoms with Crippen molar-refractivity contribution < 1.29 is 0 Å². The van der Waals surface area contributed by atoms with Crippen LogP contribution < -0.4 is 11.1 Å². The molecule has 2 atom stereocenters. The average Bonchev–Trinajstić information content (AvgIpc) is 2.79. The van der Waals surface area contributed by atoms with Crippen LogP contribution in [0.25, 0.3) is 0 Å². The summed E-state index contributed by atoms with van der Waals surface area (Å²) in [4.78, 5) is 2.61. The maximum atomic E-state index is 5.80. The maximum Gasteiger partial charge on any atom is 0.0108 e. The molecule has 2 unspecified atom stereocenters. The molecule has 1 heterocycles. The molecule has 1 saturated heterocycles. The highest BCUT2D eigenvalue weighted by Crippen LogP contribution is 2.24. The summed E-state index contributed by atoms with van der Waals surface area (Å²) in [5.41, 5.74) is 5.80. The summed E-state index contributed by atoms with van der Waals surface area (Å²) in [5, 5.41) is 3.72. The Bertz CT molecular complexity index is 212. The van der Waals surface area contributed by atoms with E-state index < -0.39 is 0 Å². The molecule has 0 radical (unpaired) electrons. The smallest absolute Gasteiger partial charge is 0.0108 e. The number of nitrogens with one attached hydrogen (secondary N) is 1. The van der Waals surface area contributed by atoms with Crippen molar-refractivity contribution in [2.24, 2.45) is 17.6 Å². The molecule has 2 fully saturated rings. The highest BCUT2D eigenvalue weighted by atomic mass is 15.1. The van der Waals surface area contributed by atoms with Crippen molar-refractivity contribution in [3.05, 3.63) is 0 Å². The molecule has 3 nitrogen and oxygen atoms in total. The predicted octanol–water partition coefficient (Wildman–Crippen LogP) is 1.44. The summed E-state index contributed by atoms with van der Waals surface area (Å²) in [6.07, 6.45) is 6.79. The molecule has 100 valence electrons. The molecule has 2 rings (SSSR count). The van der Waals surface area contributed by atoms with Gasteiger partial charge in [-0.1, -0.05) is 13.3 Å². The Labute approximate surface area is 106 Å². The maximum absolute atomic E-state index is 5.80. The third-order valence-electron chi connectivity index (χ3n) is 4.67. The van der Waals surface area contributed by atoms with Crippen LogP contribution in [0.3, 0.4) is 0 Å². The minimum absolute atomic E-state index is 0.698. The fourth-order valence-corrected chi connectivity index (χ4v) is 3.28. The molecule has 1 aliphatic carbocycles. The third-order valence-corrected chi connectivity index (χ3v) is 4.67. The summed E-state index contributed by atoms with van der Waals surface area (Å²) >= 11 is 0. The Balaban J connectivity index is 1.59. The van der Waals surface area contributed by atoms with Crippen LogP contribution in [0.15, 0.2) is 0 Å². The Morgan fingerprint density at radius 2 is 1.94 bits per heavy atom. The second-order valence-corrected chi connectivity index (χ2v) is 6.01. The van der Waals surface area contributed by atoms with E-state index in [9.17, 15) is 0 Å². The lowest BCUT2D eigenvalue weighted by Crippen LogP contribution is -2.42. The van der Waals surface area contributed by atoms with Crippen LogP contribution in [0.4, 0.5) is 0 Å². The van der Waals surface area contributed by atoms with Crippen LogP contribution in [0.5, 0.6) is 0 Å². The van der Waals surface area contributed by atoms with Crippen molar-refractivity contribution in [2.45, 2.75) is 45.1 Å². The van der Waals surface area contributed by atoms with E-state index in [1.165, 1.54) is 51.7 Å². The molecule has 1 aliphatic heterocycles. The largest absolute Gasteiger partial charge is 0.330 e. The SMILES string of the molecule is CC1CCN(CCNC2CCCC2CN)CC1. The molecule has 1 saturated carbocycles. The lowest BCUT2D eigenvalue weighted by atomic mass is 9.99. The first-order valence-electron chi connectivity index (χ1n) is 7.45. The first-order valence-corrected chi connectivity index (χ1v) is 7.45. The van der Waals surface area contributed by atoms with Crippen LogP contribution in [-0.2, 0) is 0 Å². The predicted molar refractivity (Wildman–Crippen MR) is 73.0 cm³/mol. The lowest BCUT2D eigenvalue weighted by molar-refractivity contribution is 0.189. The van der Waals surface area contributed by atoms with E-state index in [0.29, 0.717) is 6.04 Å². The zero-order chi connectivity index (χ0) is 12.1. The molecule has 0 bridgehead atoms. The summed E-state index contributed by atoms with van der Waals surface area (Å²) in [5.74, 6) is 1.67. The van der Waals surface area contributed by atoms with Gasteiger partial charge in [0, 0.05) is 19.1 Å². The van der Waals surface area contributed by atoms with E-state index in [4.69, 9.17) is 5.73 Å². The minimum Gasteiger partial charge on any atom is -0.330 e. The van der Waals surface area contributed by atoms with Gasteiger partial charge < -0.3 is 16.0 Å². The van der Waals surface area contributed by atoms with Crippen molar-refractivity contribution in [3.8, 4) is 0 Å². The van der Waals surface area contributed by atoms with Gasteiger partial charge in [-0.2, -0.15) is 0 Å². The summed E-state index contributed by atoms with van der Waals surface area (Å²) in [6, 6.07) is 0.698. The van der Waals surface area contributed by atoms with Gasteiger partial charge in [0.1, 0.15) is 0 Å². The number of nitrogens with zero attached hydrogens (tertiary/aromatic N) is 1. The molecule has 0 amide bonds. The van der Waals surface area contributed by atoms with Crippen molar-refractivity contribution in [1.29, 1.82) is 0 Å². The van der Waals surface area contributed by atoms with Gasteiger partial charge in [-0.05, 0) is 57.2 Å². The number of hydrogen-bond acceptors (Lipinski definition) is 3. The molecule has 3 N–H and O–H groups in total. The van der Waals surface area contributed by atoms with Crippen molar-refractivity contribution in [1.82, 2.24) is 10.2 Å². The minimum atomic E-state index is 0.698. The molecular weight excluding hydrogens is 210 g/mol. The number of hydrogen-bond donors (Lipinski definition) is 2. The Morgan fingerprint density at radius 3 is 2.65 bits per heavy atom. The standard InChI is InChI=1S/C14H29N3/c1-12-5-8-17(9-6-12)10-7-16-14-4-2-3-13(14)11-15/h12-14,16H,2-11,15H2,1H3. The quantitative estimate of drug-likeness (QED) is 0.763. The van der Waals surface area contributed by atoms with Gasteiger partial charge in [0.05, 0.1) is 0 Å². The second-order valence-electron chi connectivity index (χ2n) is 6.01. The van der Waals surface area contributed by atoms with Gasteiger partial charge in [-0.25, -0.2) is 0 Å². The topological polar surface area (TPSA) is 41.3 Å². The monoisotopic (exact) mass is 239 g/mol. The average molecular weight is 239 g/mol. The van der Waals surface area contributed by atoms with Crippen molar-refractivity contribution in [3.63, 3.8) is 0 Å². The van der Waals surface area contributed by atoms with E-state index in [2.05, 4.69) is 17.1 Å². The first-order chi connectivity index (χ1) is 8.29. The zero-order valence-corrected chi connectivity index (χ0v) is 11.3. The molecule has 3 heteroatoms. The number of piperidine rings is 1. The van der Waals surface area contributed by atoms with Gasteiger partial charge in [-0.15, -0.1) is 0 Å². The fourth-order valence-electron chi connectivity index (χ4n) is 3.28. The number of nitrogens with two attached hydrogens (primary N) is 1. The highest BCUT2D eigenvalue weighted by molar-refractivity contribution is 4.84. The molecule has 2 aliphatic rings.